The molecule has 0 aromatic carbocycles. The Labute approximate surface area is 104 Å². The molecule has 0 saturated heterocycles. The highest BCUT2D eigenvalue weighted by atomic mass is 32.1. The summed E-state index contributed by atoms with van der Waals surface area (Å²) in [5.41, 5.74) is 0.781. The smallest absolute Gasteiger partial charge is 0.346 e. The van der Waals surface area contributed by atoms with Crippen LogP contribution in [0.15, 0.2) is 11.4 Å². The number of nitrogens with one attached hydrogen (secondary N) is 1. The molecular weight excluding hydrogens is 242 g/mol. The molecular formula is C11H17NO4S. The fourth-order valence-corrected chi connectivity index (χ4v) is 2.19. The van der Waals surface area contributed by atoms with Crippen LogP contribution in [-0.4, -0.2) is 42.5 Å². The average molecular weight is 259 g/mol. The van der Waals surface area contributed by atoms with Gasteiger partial charge in [-0.1, -0.05) is 0 Å². The number of aromatic carboxylic acids is 1. The van der Waals surface area contributed by atoms with Crippen molar-refractivity contribution in [1.82, 2.24) is 5.32 Å². The number of rotatable bonds is 8. The van der Waals surface area contributed by atoms with E-state index in [2.05, 4.69) is 5.32 Å². The highest BCUT2D eigenvalue weighted by Crippen LogP contribution is 2.16. The first-order chi connectivity index (χ1) is 8.15. The van der Waals surface area contributed by atoms with Gasteiger partial charge < -0.3 is 20.3 Å². The summed E-state index contributed by atoms with van der Waals surface area (Å²) in [4.78, 5) is 11.2. The van der Waals surface area contributed by atoms with E-state index in [9.17, 15) is 9.90 Å². The van der Waals surface area contributed by atoms with Gasteiger partial charge in [-0.05, 0) is 30.0 Å². The lowest BCUT2D eigenvalue weighted by Crippen LogP contribution is -2.23. The molecule has 1 unspecified atom stereocenters. The maximum atomic E-state index is 10.8. The number of methoxy groups -OCH3 is 1. The maximum absolute atomic E-state index is 10.8. The number of hydrogen-bond donors (Lipinski definition) is 3. The minimum absolute atomic E-state index is 0.320. The Morgan fingerprint density at radius 2 is 2.41 bits per heavy atom. The third-order valence-electron chi connectivity index (χ3n) is 2.27. The average Bonchev–Trinajstić information content (AvgIpc) is 2.73. The van der Waals surface area contributed by atoms with Gasteiger partial charge in [0.2, 0.25) is 0 Å². The Balaban J connectivity index is 2.26. The fraction of sp³-hybridized carbons (Fsp3) is 0.545. The van der Waals surface area contributed by atoms with Gasteiger partial charge in [-0.25, -0.2) is 4.79 Å². The number of aliphatic hydroxyl groups is 1. The molecule has 0 radical (unpaired) electrons. The summed E-state index contributed by atoms with van der Waals surface area (Å²) in [6, 6.07) is 1.80. The van der Waals surface area contributed by atoms with Gasteiger partial charge in [-0.2, -0.15) is 0 Å². The van der Waals surface area contributed by atoms with Gasteiger partial charge in [-0.15, -0.1) is 11.3 Å². The Morgan fingerprint density at radius 3 is 3.06 bits per heavy atom. The van der Waals surface area contributed by atoms with E-state index >= 15 is 0 Å². The van der Waals surface area contributed by atoms with Crippen LogP contribution in [-0.2, 0) is 11.3 Å². The fourth-order valence-electron chi connectivity index (χ4n) is 1.43. The van der Waals surface area contributed by atoms with Crippen LogP contribution < -0.4 is 5.32 Å². The molecule has 1 aromatic heterocycles. The van der Waals surface area contributed by atoms with Crippen molar-refractivity contribution >= 4 is 17.3 Å². The van der Waals surface area contributed by atoms with Crippen molar-refractivity contribution in [2.24, 2.45) is 0 Å². The zero-order chi connectivity index (χ0) is 12.7. The molecule has 0 spiro atoms. The number of carboxylic acids is 1. The van der Waals surface area contributed by atoms with E-state index < -0.39 is 12.1 Å². The van der Waals surface area contributed by atoms with E-state index in [1.54, 1.807) is 18.6 Å². The number of ether oxygens (including phenoxy) is 1. The van der Waals surface area contributed by atoms with Crippen molar-refractivity contribution in [3.05, 3.63) is 21.9 Å². The normalized spacial score (nSPS) is 12.6. The first-order valence-electron chi connectivity index (χ1n) is 5.32. The largest absolute Gasteiger partial charge is 0.477 e. The first-order valence-corrected chi connectivity index (χ1v) is 6.20. The molecule has 96 valence electrons. The predicted molar refractivity (Wildman–Crippen MR) is 65.5 cm³/mol. The SMILES string of the molecule is COCC(O)CCNCc1ccsc1C(=O)O. The monoisotopic (exact) mass is 259 g/mol. The molecule has 1 atom stereocenters. The second-order valence-electron chi connectivity index (χ2n) is 3.65. The highest BCUT2D eigenvalue weighted by Gasteiger charge is 2.11. The van der Waals surface area contributed by atoms with Crippen LogP contribution in [0.2, 0.25) is 0 Å². The van der Waals surface area contributed by atoms with E-state index in [0.29, 0.717) is 31.0 Å². The molecule has 0 fully saturated rings. The van der Waals surface area contributed by atoms with Crippen molar-refractivity contribution in [2.75, 3.05) is 20.3 Å². The van der Waals surface area contributed by atoms with Crippen LogP contribution in [0.25, 0.3) is 0 Å². The van der Waals surface area contributed by atoms with Crippen molar-refractivity contribution < 1.29 is 19.7 Å². The molecule has 1 heterocycles. The molecule has 6 heteroatoms. The molecule has 1 aromatic rings. The van der Waals surface area contributed by atoms with Gasteiger partial charge in [0.15, 0.2) is 0 Å². The van der Waals surface area contributed by atoms with E-state index in [0.717, 1.165) is 5.56 Å². The Morgan fingerprint density at radius 1 is 1.65 bits per heavy atom. The number of aliphatic hydroxyl groups excluding tert-OH is 1. The van der Waals surface area contributed by atoms with E-state index in [-0.39, 0.29) is 0 Å². The van der Waals surface area contributed by atoms with Gasteiger partial charge in [0, 0.05) is 13.7 Å². The molecule has 0 amide bonds. The number of hydrogen-bond acceptors (Lipinski definition) is 5. The van der Waals surface area contributed by atoms with Crippen LogP contribution >= 0.6 is 11.3 Å². The van der Waals surface area contributed by atoms with Crippen LogP contribution in [0.3, 0.4) is 0 Å². The second-order valence-corrected chi connectivity index (χ2v) is 4.57. The summed E-state index contributed by atoms with van der Waals surface area (Å²) >= 11 is 1.22. The zero-order valence-electron chi connectivity index (χ0n) is 9.68. The summed E-state index contributed by atoms with van der Waals surface area (Å²) in [5.74, 6) is -0.892. The number of thiophene rings is 1. The van der Waals surface area contributed by atoms with E-state index in [4.69, 9.17) is 9.84 Å². The van der Waals surface area contributed by atoms with Crippen LogP contribution in [0.1, 0.15) is 21.7 Å². The van der Waals surface area contributed by atoms with Gasteiger partial charge >= 0.3 is 5.97 Å². The van der Waals surface area contributed by atoms with E-state index in [1.165, 1.54) is 11.3 Å². The van der Waals surface area contributed by atoms with Crippen molar-refractivity contribution in [3.8, 4) is 0 Å². The number of carbonyl (C=O) groups is 1. The predicted octanol–water partition coefficient (Wildman–Crippen LogP) is 0.933. The van der Waals surface area contributed by atoms with Crippen LogP contribution in [0.4, 0.5) is 0 Å². The van der Waals surface area contributed by atoms with Gasteiger partial charge in [0.1, 0.15) is 4.88 Å². The van der Waals surface area contributed by atoms with Crippen LogP contribution in [0, 0.1) is 0 Å². The zero-order valence-corrected chi connectivity index (χ0v) is 10.5. The molecule has 0 bridgehead atoms. The summed E-state index contributed by atoms with van der Waals surface area (Å²) < 4.78 is 4.80. The van der Waals surface area contributed by atoms with Crippen molar-refractivity contribution in [1.29, 1.82) is 0 Å². The summed E-state index contributed by atoms with van der Waals surface area (Å²) in [5, 5.41) is 23.2. The molecule has 1 rings (SSSR count). The summed E-state index contributed by atoms with van der Waals surface area (Å²) in [7, 11) is 1.54. The molecule has 17 heavy (non-hydrogen) atoms. The second kappa shape index (κ2) is 7.39. The highest BCUT2D eigenvalue weighted by molar-refractivity contribution is 7.12. The lowest BCUT2D eigenvalue weighted by atomic mass is 10.2. The summed E-state index contributed by atoms with van der Waals surface area (Å²) in [6.07, 6.45) is 0.106. The Kier molecular flexibility index (Phi) is 6.13. The van der Waals surface area contributed by atoms with Gasteiger partial charge in [0.05, 0.1) is 12.7 Å². The quantitative estimate of drug-likeness (QED) is 0.605. The molecule has 0 aliphatic heterocycles. The number of carboxylic acid groups (broad SMARTS) is 1. The van der Waals surface area contributed by atoms with E-state index in [1.807, 2.05) is 0 Å². The lowest BCUT2D eigenvalue weighted by molar-refractivity contribution is 0.0593. The molecule has 0 aliphatic carbocycles. The topological polar surface area (TPSA) is 78.8 Å². The molecule has 0 saturated carbocycles. The molecule has 0 aliphatic rings. The first kappa shape index (κ1) is 14.1. The van der Waals surface area contributed by atoms with Crippen molar-refractivity contribution in [2.45, 2.75) is 19.1 Å². The third-order valence-corrected chi connectivity index (χ3v) is 3.21. The maximum Gasteiger partial charge on any atom is 0.346 e. The molecule has 3 N–H and O–H groups in total. The van der Waals surface area contributed by atoms with Gasteiger partial charge in [-0.3, -0.25) is 0 Å². The van der Waals surface area contributed by atoms with Crippen molar-refractivity contribution in [3.63, 3.8) is 0 Å². The molecule has 5 nitrogen and oxygen atoms in total. The lowest BCUT2D eigenvalue weighted by Gasteiger charge is -2.09. The summed E-state index contributed by atoms with van der Waals surface area (Å²) in [6.45, 7) is 1.45. The standard InChI is InChI=1S/C11H17NO4S/c1-16-7-9(13)2-4-12-6-8-3-5-17-10(8)11(14)15/h3,5,9,12-13H,2,4,6-7H2,1H3,(H,14,15). The van der Waals surface area contributed by atoms with Gasteiger partial charge in [0.25, 0.3) is 0 Å². The minimum atomic E-state index is -0.892. The Hall–Kier alpha value is -0.950. The van der Waals surface area contributed by atoms with Crippen LogP contribution in [0.5, 0.6) is 0 Å². The Bertz CT molecular complexity index is 353. The minimum Gasteiger partial charge on any atom is -0.477 e. The third kappa shape index (κ3) is 4.82.